The van der Waals surface area contributed by atoms with Crippen LogP contribution in [0.25, 0.3) is 20.8 Å². The highest BCUT2D eigenvalue weighted by Gasteiger charge is 2.16. The summed E-state index contributed by atoms with van der Waals surface area (Å²) >= 11 is 6.62. The Balaban J connectivity index is 1.26. The number of fused-ring (bicyclic) bond motifs is 1. The van der Waals surface area contributed by atoms with Crippen molar-refractivity contribution in [2.24, 2.45) is 0 Å². The molecule has 5 aromatic rings. The second-order valence-electron chi connectivity index (χ2n) is 8.01. The second kappa shape index (κ2) is 10.8. The van der Waals surface area contributed by atoms with E-state index in [1.165, 1.54) is 29.8 Å². The summed E-state index contributed by atoms with van der Waals surface area (Å²) in [5, 5.41) is 5.49. The minimum Gasteiger partial charge on any atom is -0.434 e. The zero-order valence-electron chi connectivity index (χ0n) is 19.6. The van der Waals surface area contributed by atoms with Crippen LogP contribution in [0.2, 0.25) is 0 Å². The van der Waals surface area contributed by atoms with Gasteiger partial charge in [0.1, 0.15) is 11.0 Å². The van der Waals surface area contributed by atoms with Gasteiger partial charge in [-0.25, -0.2) is 19.3 Å². The Morgan fingerprint density at radius 2 is 1.97 bits per heavy atom. The number of hydrogen-bond donors (Lipinski definition) is 2. The molecule has 8 nitrogen and oxygen atoms in total. The van der Waals surface area contributed by atoms with Crippen LogP contribution in [0.3, 0.4) is 0 Å². The molecule has 2 aromatic carbocycles. The summed E-state index contributed by atoms with van der Waals surface area (Å²) < 4.78 is 23.4. The normalized spacial score (nSPS) is 10.9. The molecule has 11 heteroatoms. The molecule has 0 fully saturated rings. The Labute approximate surface area is 221 Å². The van der Waals surface area contributed by atoms with E-state index in [2.05, 4.69) is 25.6 Å². The number of rotatable bonds is 7. The van der Waals surface area contributed by atoms with Crippen molar-refractivity contribution in [1.29, 1.82) is 0 Å². The smallest absolute Gasteiger partial charge is 0.240 e. The van der Waals surface area contributed by atoms with Crippen LogP contribution in [-0.4, -0.2) is 30.5 Å². The van der Waals surface area contributed by atoms with Gasteiger partial charge >= 0.3 is 0 Å². The third-order valence-corrected chi connectivity index (χ3v) is 6.73. The molecule has 5 rings (SSSR count). The third-order valence-electron chi connectivity index (χ3n) is 5.39. The number of hydrogen-bond acceptors (Lipinski definition) is 7. The Morgan fingerprint density at radius 3 is 2.73 bits per heavy atom. The molecule has 0 atom stereocenters. The SMILES string of the molecule is CCn1cnc(-c2cc3ncnc(Oc4ccc(NC(=S)NC(=O)Cc5ccccc5)cc4F)c3s2)c1. The average Bonchev–Trinajstić information content (AvgIpc) is 3.54. The number of amides is 1. The van der Waals surface area contributed by atoms with E-state index in [0.717, 1.165) is 22.7 Å². The lowest BCUT2D eigenvalue weighted by atomic mass is 10.1. The molecule has 37 heavy (non-hydrogen) atoms. The van der Waals surface area contributed by atoms with Crippen molar-refractivity contribution in [3.63, 3.8) is 0 Å². The molecule has 3 aromatic heterocycles. The first kappa shape index (κ1) is 24.5. The maximum atomic E-state index is 14.9. The maximum Gasteiger partial charge on any atom is 0.240 e. The molecule has 3 heterocycles. The zero-order chi connectivity index (χ0) is 25.8. The predicted molar refractivity (Wildman–Crippen MR) is 145 cm³/mol. The molecule has 1 amide bonds. The van der Waals surface area contributed by atoms with Crippen molar-refractivity contribution in [2.75, 3.05) is 5.32 Å². The first-order valence-corrected chi connectivity index (χ1v) is 12.6. The van der Waals surface area contributed by atoms with E-state index >= 15 is 0 Å². The number of aromatic nitrogens is 4. The molecule has 0 radical (unpaired) electrons. The van der Waals surface area contributed by atoms with Crippen molar-refractivity contribution < 1.29 is 13.9 Å². The Morgan fingerprint density at radius 1 is 1.14 bits per heavy atom. The molecule has 0 spiro atoms. The summed E-state index contributed by atoms with van der Waals surface area (Å²) in [5.74, 6) is -0.642. The van der Waals surface area contributed by atoms with Gasteiger partial charge < -0.3 is 19.9 Å². The third kappa shape index (κ3) is 5.79. The highest BCUT2D eigenvalue weighted by molar-refractivity contribution is 7.80. The molecule has 0 aliphatic carbocycles. The van der Waals surface area contributed by atoms with Crippen molar-refractivity contribution >= 4 is 50.5 Å². The van der Waals surface area contributed by atoms with E-state index in [4.69, 9.17) is 17.0 Å². The summed E-state index contributed by atoms with van der Waals surface area (Å²) in [4.78, 5) is 26.1. The fourth-order valence-electron chi connectivity index (χ4n) is 3.57. The van der Waals surface area contributed by atoms with E-state index in [1.54, 1.807) is 12.4 Å². The first-order chi connectivity index (χ1) is 18.0. The largest absolute Gasteiger partial charge is 0.434 e. The lowest BCUT2D eigenvalue weighted by Gasteiger charge is -2.11. The number of imidazole rings is 1. The van der Waals surface area contributed by atoms with E-state index < -0.39 is 5.82 Å². The van der Waals surface area contributed by atoms with E-state index in [9.17, 15) is 9.18 Å². The van der Waals surface area contributed by atoms with Gasteiger partial charge in [0.25, 0.3) is 0 Å². The minimum absolute atomic E-state index is 0.00482. The van der Waals surface area contributed by atoms with E-state index in [1.807, 2.05) is 54.1 Å². The van der Waals surface area contributed by atoms with Gasteiger partial charge in [0.2, 0.25) is 11.8 Å². The van der Waals surface area contributed by atoms with Crippen molar-refractivity contribution in [2.45, 2.75) is 19.9 Å². The number of thiophene rings is 1. The van der Waals surface area contributed by atoms with Crippen LogP contribution in [-0.2, 0) is 17.8 Å². The monoisotopic (exact) mass is 532 g/mol. The summed E-state index contributed by atoms with van der Waals surface area (Å²) in [6, 6.07) is 15.5. The summed E-state index contributed by atoms with van der Waals surface area (Å²) in [6.45, 7) is 2.86. The molecule has 0 aliphatic rings. The van der Waals surface area contributed by atoms with Crippen LogP contribution in [0.5, 0.6) is 11.6 Å². The summed E-state index contributed by atoms with van der Waals surface area (Å²) in [6.07, 6.45) is 5.29. The van der Waals surface area contributed by atoms with E-state index in [0.29, 0.717) is 15.9 Å². The number of ether oxygens (including phenoxy) is 1. The van der Waals surface area contributed by atoms with Crippen LogP contribution in [0.4, 0.5) is 10.1 Å². The first-order valence-electron chi connectivity index (χ1n) is 11.4. The number of halogens is 1. The van der Waals surface area contributed by atoms with Crippen LogP contribution in [0, 0.1) is 5.82 Å². The fraction of sp³-hybridized carbons (Fsp3) is 0.115. The number of carbonyl (C=O) groups excluding carboxylic acids is 1. The van der Waals surface area contributed by atoms with Crippen molar-refractivity contribution in [3.8, 4) is 22.2 Å². The number of nitrogens with one attached hydrogen (secondary N) is 2. The lowest BCUT2D eigenvalue weighted by molar-refractivity contribution is -0.119. The van der Waals surface area contributed by atoms with Crippen molar-refractivity contribution in [1.82, 2.24) is 24.8 Å². The lowest BCUT2D eigenvalue weighted by Crippen LogP contribution is -2.35. The van der Waals surface area contributed by atoms with Gasteiger partial charge in [0.15, 0.2) is 16.7 Å². The molecular formula is C26H21FN6O2S2. The molecule has 0 saturated heterocycles. The Kier molecular flexibility index (Phi) is 7.15. The molecular weight excluding hydrogens is 511 g/mol. The summed E-state index contributed by atoms with van der Waals surface area (Å²) in [5.41, 5.74) is 2.74. The Bertz CT molecular complexity index is 1580. The van der Waals surface area contributed by atoms with Gasteiger partial charge in [-0.15, -0.1) is 11.3 Å². The van der Waals surface area contributed by atoms with Gasteiger partial charge in [-0.2, -0.15) is 0 Å². The average molecular weight is 533 g/mol. The highest BCUT2D eigenvalue weighted by atomic mass is 32.1. The minimum atomic E-state index is -0.617. The fourth-order valence-corrected chi connectivity index (χ4v) is 4.80. The van der Waals surface area contributed by atoms with Crippen LogP contribution in [0.1, 0.15) is 12.5 Å². The second-order valence-corrected chi connectivity index (χ2v) is 9.47. The quantitative estimate of drug-likeness (QED) is 0.265. The standard InChI is InChI=1S/C26H21FN6O2S2/c1-2-33-13-20(30-15-33)22-12-19-24(37-22)25(29-14-28-19)35-21-9-8-17(11-18(21)27)31-26(36)32-23(34)10-16-6-4-3-5-7-16/h3-9,11-15H,2,10H2,1H3,(H2,31,32,34,36). The Hall–Kier alpha value is -4.22. The number of benzene rings is 2. The van der Waals surface area contributed by atoms with Gasteiger partial charge in [-0.3, -0.25) is 4.79 Å². The van der Waals surface area contributed by atoms with Crippen LogP contribution >= 0.6 is 23.6 Å². The van der Waals surface area contributed by atoms with Crippen molar-refractivity contribution in [3.05, 3.63) is 84.8 Å². The van der Waals surface area contributed by atoms with E-state index in [-0.39, 0.29) is 29.1 Å². The van der Waals surface area contributed by atoms with Crippen LogP contribution < -0.4 is 15.4 Å². The zero-order valence-corrected chi connectivity index (χ0v) is 21.3. The topological polar surface area (TPSA) is 94.0 Å². The molecule has 0 unspecified atom stereocenters. The number of anilines is 1. The van der Waals surface area contributed by atoms with Crippen LogP contribution in [0.15, 0.2) is 73.4 Å². The number of aryl methyl sites for hydroxylation is 1. The van der Waals surface area contributed by atoms with Gasteiger partial charge in [0.05, 0.1) is 28.8 Å². The molecule has 0 bridgehead atoms. The summed E-state index contributed by atoms with van der Waals surface area (Å²) in [7, 11) is 0. The van der Waals surface area contributed by atoms with Gasteiger partial charge in [-0.05, 0) is 42.9 Å². The number of nitrogens with zero attached hydrogens (tertiary/aromatic N) is 4. The number of thiocarbonyl (C=S) groups is 1. The molecule has 2 N–H and O–H groups in total. The maximum absolute atomic E-state index is 14.9. The molecule has 186 valence electrons. The number of carbonyl (C=O) groups is 1. The highest BCUT2D eigenvalue weighted by Crippen LogP contribution is 2.38. The van der Waals surface area contributed by atoms with Gasteiger partial charge in [-0.1, -0.05) is 30.3 Å². The predicted octanol–water partition coefficient (Wildman–Crippen LogP) is 5.56. The molecule has 0 saturated carbocycles. The molecule has 0 aliphatic heterocycles. The van der Waals surface area contributed by atoms with Gasteiger partial charge in [0, 0.05) is 24.5 Å².